The summed E-state index contributed by atoms with van der Waals surface area (Å²) in [5.41, 5.74) is 6.92. The van der Waals surface area contributed by atoms with Crippen molar-refractivity contribution in [3.8, 4) is 28.4 Å². The van der Waals surface area contributed by atoms with Gasteiger partial charge in [0.05, 0.1) is 22.6 Å². The Balaban J connectivity index is 0.000000225. The van der Waals surface area contributed by atoms with Gasteiger partial charge in [-0.25, -0.2) is 37.1 Å². The third-order valence-electron chi connectivity index (χ3n) is 14.9. The highest BCUT2D eigenvalue weighted by Gasteiger charge is 2.31. The molecule has 0 unspecified atom stereocenters. The van der Waals surface area contributed by atoms with Gasteiger partial charge in [-0.05, 0) is 126 Å². The number of para-hydroxylation sites is 1. The Morgan fingerprint density at radius 1 is 0.615 bits per heavy atom. The Morgan fingerprint density at radius 2 is 1.08 bits per heavy atom. The number of benzene rings is 5. The number of carbonyl (C=O) groups is 5. The number of aromatic nitrogens is 2. The number of carbonyl (C=O) groups excluding carboxylic acids is 5. The van der Waals surface area contributed by atoms with E-state index in [2.05, 4.69) is 37.4 Å². The van der Waals surface area contributed by atoms with Crippen molar-refractivity contribution in [1.82, 2.24) is 24.7 Å². The van der Waals surface area contributed by atoms with Crippen LogP contribution in [0.2, 0.25) is 0 Å². The normalized spacial score (nSPS) is 15.0. The molecule has 19 nitrogen and oxygen atoms in total. The first-order chi connectivity index (χ1) is 45.1. The molecule has 0 aliphatic carbocycles. The third kappa shape index (κ3) is 24.8. The number of amides is 4. The van der Waals surface area contributed by atoms with Crippen molar-refractivity contribution in [2.45, 2.75) is 151 Å². The standard InChI is InChI=1S/C30H29F2N5O2.C21H31FN2O4.C16H23FN2O3.C5H9ClO/c1-2-28(38)34-22-7-3-5-20(17-22)25-8-4-6-21-19-33-30(36-29(21)25)35-27-10-9-24(18-26(27)32)39-23-11-14-37(15-12-23)16-13-31;1-20(2,3)18(25)23-17-8-7-15(13-16(17)22)27-14-9-11-24(12-10-14)19(26)28-21(4,5)6;1-16(2,3)22-15(20)19-8-6-11(7-9-19)21-12-4-5-14(18)13(17)10-12;1-5(2,3)4(6)7/h2-10,17-19,23H,1,11-16H2,(H,34,38)(H,33,35,36);7-8,13-14H,9-12H2,1-6H3,(H,23,25);4-5,10-11H,6-9,18H2,1-3H3;1-3H3. The van der Waals surface area contributed by atoms with Gasteiger partial charge in [0.15, 0.2) is 0 Å². The predicted molar refractivity (Wildman–Crippen MR) is 368 cm³/mol. The molecule has 6 aromatic rings. The Hall–Kier alpha value is -8.70. The molecule has 0 bridgehead atoms. The zero-order valence-corrected chi connectivity index (χ0v) is 57.8. The first kappa shape index (κ1) is 76.3. The largest absolute Gasteiger partial charge is 0.490 e. The average Bonchev–Trinajstić information content (AvgIpc) is 0.800. The molecule has 3 saturated heterocycles. The Kier molecular flexibility index (Phi) is 27.3. The summed E-state index contributed by atoms with van der Waals surface area (Å²) in [6, 6.07) is 26.7. The topological polar surface area (TPSA) is 229 Å². The molecule has 4 amide bonds. The third-order valence-corrected chi connectivity index (χ3v) is 15.5. The molecule has 520 valence electrons. The van der Waals surface area contributed by atoms with Gasteiger partial charge in [-0.15, -0.1) is 0 Å². The van der Waals surface area contributed by atoms with E-state index in [0.29, 0.717) is 86.9 Å². The van der Waals surface area contributed by atoms with E-state index in [-0.39, 0.29) is 82.7 Å². The minimum Gasteiger partial charge on any atom is -0.490 e. The van der Waals surface area contributed by atoms with Crippen LogP contribution in [0.15, 0.2) is 116 Å². The van der Waals surface area contributed by atoms with E-state index in [1.807, 2.05) is 77.9 Å². The summed E-state index contributed by atoms with van der Waals surface area (Å²) < 4.78 is 83.6. The maximum absolute atomic E-state index is 15.0. The predicted octanol–water partition coefficient (Wildman–Crippen LogP) is 15.7. The van der Waals surface area contributed by atoms with Gasteiger partial charge in [0.2, 0.25) is 23.0 Å². The van der Waals surface area contributed by atoms with Gasteiger partial charge in [-0.3, -0.25) is 14.4 Å². The molecule has 5 aromatic carbocycles. The number of fused-ring (bicyclic) bond motifs is 1. The Bertz CT molecular complexity index is 3620. The highest BCUT2D eigenvalue weighted by Crippen LogP contribution is 2.33. The number of halogens is 5. The molecule has 24 heteroatoms. The molecule has 0 saturated carbocycles. The van der Waals surface area contributed by atoms with E-state index in [4.69, 9.17) is 41.0 Å². The van der Waals surface area contributed by atoms with Crippen LogP contribution in [0.1, 0.15) is 122 Å². The lowest BCUT2D eigenvalue weighted by Gasteiger charge is -2.33. The van der Waals surface area contributed by atoms with Gasteiger partial charge in [0.1, 0.15) is 70.9 Å². The summed E-state index contributed by atoms with van der Waals surface area (Å²) in [6.07, 6.45) is 6.31. The number of rotatable bonds is 14. The molecule has 3 fully saturated rings. The van der Waals surface area contributed by atoms with E-state index < -0.39 is 34.1 Å². The number of hydrogen-bond donors (Lipinski definition) is 4. The number of ether oxygens (including phenoxy) is 5. The van der Waals surface area contributed by atoms with Gasteiger partial charge < -0.3 is 60.1 Å². The van der Waals surface area contributed by atoms with Gasteiger partial charge in [-0.2, -0.15) is 0 Å². The van der Waals surface area contributed by atoms with Gasteiger partial charge in [0.25, 0.3) is 0 Å². The van der Waals surface area contributed by atoms with E-state index in [1.54, 1.807) is 87.9 Å². The molecule has 96 heavy (non-hydrogen) atoms. The smallest absolute Gasteiger partial charge is 0.410 e. The lowest BCUT2D eigenvalue weighted by Crippen LogP contribution is -2.44. The molecular formula is C72H92ClF4N9O10. The molecule has 0 spiro atoms. The number of nitrogens with zero attached hydrogens (tertiary/aromatic N) is 5. The fourth-order valence-corrected chi connectivity index (χ4v) is 9.57. The second kappa shape index (κ2) is 34.3. The molecule has 3 aliphatic rings. The molecule has 9 rings (SSSR count). The van der Waals surface area contributed by atoms with Crippen molar-refractivity contribution in [2.75, 3.05) is 74.2 Å². The quantitative estimate of drug-likeness (QED) is 0.0344. The highest BCUT2D eigenvalue weighted by molar-refractivity contribution is 6.64. The van der Waals surface area contributed by atoms with Crippen LogP contribution >= 0.6 is 11.6 Å². The van der Waals surface area contributed by atoms with Crippen molar-refractivity contribution in [3.63, 3.8) is 0 Å². The first-order valence-electron chi connectivity index (χ1n) is 32.0. The van der Waals surface area contributed by atoms with Crippen LogP contribution in [0.4, 0.5) is 55.8 Å². The SMILES string of the molecule is C=CC(=O)Nc1cccc(-c2cccc3cnc(Nc4ccc(OC5CCN(CCF)CC5)cc4F)nc23)c1.CC(C)(C)C(=O)Cl.CC(C)(C)OC(=O)N1CCC(Oc2ccc(N)c(F)c2)CC1.CC(C)(C)OC(=O)N1CCC(Oc2ccc(NC(=O)C(C)(C)C)c(F)c2)CC1. The number of hydrogen-bond acceptors (Lipinski definition) is 15. The number of likely N-dealkylation sites (tertiary alicyclic amines) is 3. The number of alkyl halides is 1. The molecular weight excluding hydrogens is 1260 g/mol. The van der Waals surface area contributed by atoms with Gasteiger partial charge in [0, 0.05) is 123 Å². The molecule has 5 N–H and O–H groups in total. The summed E-state index contributed by atoms with van der Waals surface area (Å²) in [6.45, 7) is 29.0. The van der Waals surface area contributed by atoms with Crippen LogP contribution in [0, 0.1) is 28.3 Å². The maximum atomic E-state index is 15.0. The van der Waals surface area contributed by atoms with Crippen LogP contribution in [0.25, 0.3) is 22.0 Å². The van der Waals surface area contributed by atoms with Crippen LogP contribution < -0.4 is 35.9 Å². The lowest BCUT2D eigenvalue weighted by atomic mass is 9.95. The van der Waals surface area contributed by atoms with E-state index in [9.17, 15) is 41.5 Å². The number of nitrogens with two attached hydrogens (primary N) is 1. The second-order valence-corrected chi connectivity index (χ2v) is 27.8. The fraction of sp³-hybridized carbons (Fsp3) is 0.458. The molecule has 4 heterocycles. The van der Waals surface area contributed by atoms with E-state index in [0.717, 1.165) is 42.4 Å². The number of nitrogens with one attached hydrogen (secondary N) is 3. The van der Waals surface area contributed by atoms with Crippen LogP contribution in [0.3, 0.4) is 0 Å². The lowest BCUT2D eigenvalue weighted by molar-refractivity contribution is -0.123. The minimum atomic E-state index is -0.607. The van der Waals surface area contributed by atoms with Gasteiger partial charge in [-0.1, -0.05) is 78.5 Å². The van der Waals surface area contributed by atoms with Crippen LogP contribution in [0.5, 0.6) is 17.2 Å². The summed E-state index contributed by atoms with van der Waals surface area (Å²) >= 11 is 5.11. The van der Waals surface area contributed by atoms with Crippen molar-refractivity contribution in [1.29, 1.82) is 0 Å². The number of nitrogen functional groups attached to an aromatic ring is 1. The Morgan fingerprint density at radius 3 is 1.53 bits per heavy atom. The van der Waals surface area contributed by atoms with Crippen molar-refractivity contribution < 1.29 is 65.2 Å². The highest BCUT2D eigenvalue weighted by atomic mass is 35.5. The molecule has 0 atom stereocenters. The van der Waals surface area contributed by atoms with Crippen molar-refractivity contribution in [2.24, 2.45) is 10.8 Å². The zero-order valence-electron chi connectivity index (χ0n) is 57.0. The average molecular weight is 1360 g/mol. The molecule has 3 aliphatic heterocycles. The number of anilines is 5. The summed E-state index contributed by atoms with van der Waals surface area (Å²) in [5.74, 6) is -0.490. The monoisotopic (exact) mass is 1350 g/mol. The summed E-state index contributed by atoms with van der Waals surface area (Å²) in [5, 5.41) is 8.87. The summed E-state index contributed by atoms with van der Waals surface area (Å²) in [4.78, 5) is 72.5. The van der Waals surface area contributed by atoms with Gasteiger partial charge >= 0.3 is 12.2 Å². The minimum absolute atomic E-state index is 0.0232. The van der Waals surface area contributed by atoms with Crippen molar-refractivity contribution in [3.05, 3.63) is 133 Å². The molecule has 1 aromatic heterocycles. The van der Waals surface area contributed by atoms with E-state index in [1.165, 1.54) is 36.4 Å². The first-order valence-corrected chi connectivity index (χ1v) is 32.4. The van der Waals surface area contributed by atoms with Crippen LogP contribution in [-0.2, 0) is 23.9 Å². The van der Waals surface area contributed by atoms with Crippen molar-refractivity contribution >= 4 is 80.4 Å². The molecule has 0 radical (unpaired) electrons. The Labute approximate surface area is 565 Å². The van der Waals surface area contributed by atoms with Crippen LogP contribution in [-0.4, -0.2) is 136 Å². The zero-order chi connectivity index (χ0) is 70.7. The fourth-order valence-electron chi connectivity index (χ4n) is 9.57. The number of piperidine rings is 3. The second-order valence-electron chi connectivity index (χ2n) is 27.4. The summed E-state index contributed by atoms with van der Waals surface area (Å²) in [7, 11) is 0. The van der Waals surface area contributed by atoms with E-state index >= 15 is 0 Å². The maximum Gasteiger partial charge on any atom is 0.410 e.